The lowest BCUT2D eigenvalue weighted by molar-refractivity contribution is 0.0487. The average Bonchev–Trinajstić information content (AvgIpc) is 2.88. The monoisotopic (exact) mass is 463 g/mol. The summed E-state index contributed by atoms with van der Waals surface area (Å²) in [5.41, 5.74) is 2.79. The van der Waals surface area contributed by atoms with Gasteiger partial charge in [-0.1, -0.05) is 37.3 Å². The summed E-state index contributed by atoms with van der Waals surface area (Å²) in [4.78, 5) is 21.1. The van der Waals surface area contributed by atoms with Crippen LogP contribution in [0.15, 0.2) is 66.7 Å². The molecule has 1 N–H and O–H groups in total. The number of halogens is 1. The number of aromatic nitrogens is 1. The molecule has 6 nitrogen and oxygen atoms in total. The molecule has 0 radical (unpaired) electrons. The number of amides is 1. The van der Waals surface area contributed by atoms with Gasteiger partial charge in [-0.05, 0) is 55.3 Å². The number of ether oxygens (including phenoxy) is 1. The predicted octanol–water partition coefficient (Wildman–Crippen LogP) is 4.96. The minimum Gasteiger partial charge on any atom is -0.445 e. The summed E-state index contributed by atoms with van der Waals surface area (Å²) in [6.45, 7) is 6.21. The summed E-state index contributed by atoms with van der Waals surface area (Å²) < 4.78 is 18.9. The van der Waals surface area contributed by atoms with Gasteiger partial charge in [-0.15, -0.1) is 0 Å². The molecule has 3 aromatic rings. The molecule has 1 aliphatic heterocycles. The van der Waals surface area contributed by atoms with E-state index in [2.05, 4.69) is 9.88 Å². The highest BCUT2D eigenvalue weighted by molar-refractivity contribution is 5.69. The zero-order chi connectivity index (χ0) is 24.1. The van der Waals surface area contributed by atoms with E-state index in [0.29, 0.717) is 44.0 Å². The highest BCUT2D eigenvalue weighted by atomic mass is 19.1. The van der Waals surface area contributed by atoms with Crippen LogP contribution in [0.1, 0.15) is 31.5 Å². The number of benzene rings is 2. The molecule has 178 valence electrons. The first-order chi connectivity index (χ1) is 16.4. The first-order valence-electron chi connectivity index (χ1n) is 11.6. The molecule has 1 atom stereocenters. The predicted molar refractivity (Wildman–Crippen MR) is 130 cm³/mol. The number of hydrogen-bond acceptors (Lipinski definition) is 5. The molecule has 7 heteroatoms. The normalized spacial score (nSPS) is 15.6. The Morgan fingerprint density at radius 2 is 1.74 bits per heavy atom. The minimum atomic E-state index is -1.09. The third kappa shape index (κ3) is 5.54. The lowest BCUT2D eigenvalue weighted by Crippen LogP contribution is -2.49. The average molecular weight is 464 g/mol. The first-order valence-corrected chi connectivity index (χ1v) is 11.6. The summed E-state index contributed by atoms with van der Waals surface area (Å²) in [5, 5.41) is 10.9. The third-order valence-electron chi connectivity index (χ3n) is 6.30. The van der Waals surface area contributed by atoms with Gasteiger partial charge < -0.3 is 19.6 Å². The van der Waals surface area contributed by atoms with Crippen LogP contribution >= 0.6 is 0 Å². The van der Waals surface area contributed by atoms with E-state index in [1.165, 1.54) is 12.1 Å². The molecular weight excluding hydrogens is 433 g/mol. The standard InChI is InChI=1S/C27H30FN3O3/c1-3-27(2,33)25-18-23(17-24(29-25)21-9-11-22(28)12-10-21)30-13-15-31(16-14-30)26(32)34-19-20-7-5-4-6-8-20/h4-12,17-18,33H,3,13-16,19H2,1-2H3. The van der Waals surface area contributed by atoms with E-state index in [4.69, 9.17) is 4.74 Å². The molecular formula is C27H30FN3O3. The number of aliphatic hydroxyl groups is 1. The highest BCUT2D eigenvalue weighted by Gasteiger charge is 2.27. The van der Waals surface area contributed by atoms with E-state index in [9.17, 15) is 14.3 Å². The van der Waals surface area contributed by atoms with Crippen molar-refractivity contribution in [3.05, 3.63) is 83.8 Å². The van der Waals surface area contributed by atoms with Crippen LogP contribution in [0.4, 0.5) is 14.9 Å². The summed E-state index contributed by atoms with van der Waals surface area (Å²) in [7, 11) is 0. The maximum Gasteiger partial charge on any atom is 0.410 e. The second kappa shape index (κ2) is 10.2. The lowest BCUT2D eigenvalue weighted by Gasteiger charge is -2.36. The fraction of sp³-hybridized carbons (Fsp3) is 0.333. The summed E-state index contributed by atoms with van der Waals surface area (Å²) in [5.74, 6) is -0.309. The molecule has 1 unspecified atom stereocenters. The van der Waals surface area contributed by atoms with Crippen LogP contribution in [0, 0.1) is 5.82 Å². The molecule has 0 spiro atoms. The van der Waals surface area contributed by atoms with E-state index in [-0.39, 0.29) is 18.5 Å². The van der Waals surface area contributed by atoms with Gasteiger partial charge in [-0.2, -0.15) is 0 Å². The second-order valence-electron chi connectivity index (χ2n) is 8.74. The summed E-state index contributed by atoms with van der Waals surface area (Å²) >= 11 is 0. The van der Waals surface area contributed by atoms with Gasteiger partial charge in [0.15, 0.2) is 0 Å². The first kappa shape index (κ1) is 23.7. The molecule has 1 fully saturated rings. The molecule has 1 amide bonds. The molecule has 0 saturated carbocycles. The Bertz CT molecular complexity index is 1110. The van der Waals surface area contributed by atoms with E-state index < -0.39 is 5.60 Å². The van der Waals surface area contributed by atoms with Crippen molar-refractivity contribution in [1.82, 2.24) is 9.88 Å². The van der Waals surface area contributed by atoms with Crippen LogP contribution in [0.2, 0.25) is 0 Å². The third-order valence-corrected chi connectivity index (χ3v) is 6.30. The molecule has 1 aliphatic rings. The van der Waals surface area contributed by atoms with Crippen molar-refractivity contribution < 1.29 is 19.0 Å². The Labute approximate surface area is 199 Å². The van der Waals surface area contributed by atoms with Gasteiger partial charge in [-0.3, -0.25) is 0 Å². The fourth-order valence-electron chi connectivity index (χ4n) is 3.88. The van der Waals surface area contributed by atoms with Gasteiger partial charge in [-0.25, -0.2) is 14.2 Å². The Balaban J connectivity index is 1.48. The molecule has 34 heavy (non-hydrogen) atoms. The Hall–Kier alpha value is -3.45. The van der Waals surface area contributed by atoms with E-state index >= 15 is 0 Å². The summed E-state index contributed by atoms with van der Waals surface area (Å²) in [6, 6.07) is 19.7. The number of carbonyl (C=O) groups is 1. The van der Waals surface area contributed by atoms with Crippen LogP contribution in [0.3, 0.4) is 0 Å². The number of rotatable bonds is 6. The van der Waals surface area contributed by atoms with Gasteiger partial charge in [0.1, 0.15) is 18.0 Å². The molecule has 4 rings (SSSR count). The largest absolute Gasteiger partial charge is 0.445 e. The number of nitrogens with zero attached hydrogens (tertiary/aromatic N) is 3. The van der Waals surface area contributed by atoms with Gasteiger partial charge in [0.25, 0.3) is 0 Å². The maximum absolute atomic E-state index is 13.4. The van der Waals surface area contributed by atoms with Crippen LogP contribution in [-0.4, -0.2) is 47.3 Å². The Kier molecular flexibility index (Phi) is 7.12. The SMILES string of the molecule is CCC(C)(O)c1cc(N2CCN(C(=O)OCc3ccccc3)CC2)cc(-c2ccc(F)cc2)n1. The van der Waals surface area contributed by atoms with Gasteiger partial charge >= 0.3 is 6.09 Å². The number of anilines is 1. The van der Waals surface area contributed by atoms with Gasteiger partial charge in [0, 0.05) is 37.4 Å². The van der Waals surface area contributed by atoms with Crippen molar-refractivity contribution >= 4 is 11.8 Å². The number of carbonyl (C=O) groups excluding carboxylic acids is 1. The Morgan fingerprint density at radius 1 is 1.06 bits per heavy atom. The lowest BCUT2D eigenvalue weighted by atomic mass is 9.97. The van der Waals surface area contributed by atoms with Crippen molar-refractivity contribution in [2.24, 2.45) is 0 Å². The molecule has 1 saturated heterocycles. The topological polar surface area (TPSA) is 65.9 Å². The van der Waals surface area contributed by atoms with Crippen LogP contribution in [0.5, 0.6) is 0 Å². The minimum absolute atomic E-state index is 0.251. The number of pyridine rings is 1. The van der Waals surface area contributed by atoms with Crippen LogP contribution < -0.4 is 4.90 Å². The maximum atomic E-state index is 13.4. The van der Waals surface area contributed by atoms with Crippen molar-refractivity contribution in [1.29, 1.82) is 0 Å². The van der Waals surface area contributed by atoms with E-state index in [1.54, 1.807) is 24.0 Å². The zero-order valence-electron chi connectivity index (χ0n) is 19.6. The molecule has 2 heterocycles. The van der Waals surface area contributed by atoms with E-state index in [1.807, 2.05) is 49.4 Å². The van der Waals surface area contributed by atoms with Crippen molar-refractivity contribution in [2.45, 2.75) is 32.5 Å². The Morgan fingerprint density at radius 3 is 2.38 bits per heavy atom. The molecule has 0 bridgehead atoms. The number of hydrogen-bond donors (Lipinski definition) is 1. The van der Waals surface area contributed by atoms with Crippen LogP contribution in [-0.2, 0) is 16.9 Å². The quantitative estimate of drug-likeness (QED) is 0.560. The van der Waals surface area contributed by atoms with Crippen molar-refractivity contribution in [3.8, 4) is 11.3 Å². The van der Waals surface area contributed by atoms with Gasteiger partial charge in [0.05, 0.1) is 11.4 Å². The molecule has 2 aromatic carbocycles. The fourth-order valence-corrected chi connectivity index (χ4v) is 3.88. The number of piperazine rings is 1. The smallest absolute Gasteiger partial charge is 0.410 e. The molecule has 1 aromatic heterocycles. The summed E-state index contributed by atoms with van der Waals surface area (Å²) in [6.07, 6.45) is 0.188. The second-order valence-corrected chi connectivity index (χ2v) is 8.74. The van der Waals surface area contributed by atoms with Crippen molar-refractivity contribution in [2.75, 3.05) is 31.1 Å². The van der Waals surface area contributed by atoms with Crippen LogP contribution in [0.25, 0.3) is 11.3 Å². The highest BCUT2D eigenvalue weighted by Crippen LogP contribution is 2.31. The zero-order valence-corrected chi connectivity index (χ0v) is 19.6. The van der Waals surface area contributed by atoms with Crippen molar-refractivity contribution in [3.63, 3.8) is 0 Å². The molecule has 0 aliphatic carbocycles. The van der Waals surface area contributed by atoms with Gasteiger partial charge in [0.2, 0.25) is 0 Å². The van der Waals surface area contributed by atoms with E-state index in [0.717, 1.165) is 16.8 Å².